The van der Waals surface area contributed by atoms with Crippen LogP contribution in [0.3, 0.4) is 0 Å². The summed E-state index contributed by atoms with van der Waals surface area (Å²) < 4.78 is 0.753. The first-order valence-corrected chi connectivity index (χ1v) is 5.82. The summed E-state index contributed by atoms with van der Waals surface area (Å²) >= 11 is 9.10. The van der Waals surface area contributed by atoms with E-state index in [0.717, 1.165) is 4.47 Å². The van der Waals surface area contributed by atoms with Gasteiger partial charge in [0.1, 0.15) is 6.04 Å². The molecule has 0 unspecified atom stereocenters. The van der Waals surface area contributed by atoms with Gasteiger partial charge in [-0.1, -0.05) is 27.5 Å². The molecule has 1 atom stereocenters. The van der Waals surface area contributed by atoms with Crippen molar-refractivity contribution in [2.45, 2.75) is 13.0 Å². The van der Waals surface area contributed by atoms with Gasteiger partial charge < -0.3 is 15.7 Å². The van der Waals surface area contributed by atoms with Crippen LogP contribution in [0.25, 0.3) is 0 Å². The van der Waals surface area contributed by atoms with E-state index in [2.05, 4.69) is 26.6 Å². The maximum Gasteiger partial charge on any atom is 0.325 e. The van der Waals surface area contributed by atoms with Gasteiger partial charge in [-0.25, -0.2) is 4.79 Å². The molecule has 0 radical (unpaired) electrons. The van der Waals surface area contributed by atoms with Gasteiger partial charge in [-0.15, -0.1) is 0 Å². The minimum absolute atomic E-state index is 0.367. The summed E-state index contributed by atoms with van der Waals surface area (Å²) in [6.07, 6.45) is 0. The van der Waals surface area contributed by atoms with Crippen molar-refractivity contribution in [2.75, 3.05) is 5.32 Å². The highest BCUT2D eigenvalue weighted by molar-refractivity contribution is 9.10. The Morgan fingerprint density at radius 1 is 1.47 bits per heavy atom. The fourth-order valence-corrected chi connectivity index (χ4v) is 1.54. The first-order valence-electron chi connectivity index (χ1n) is 4.65. The number of carbonyl (C=O) groups is 2. The largest absolute Gasteiger partial charge is 0.480 e. The van der Waals surface area contributed by atoms with Crippen molar-refractivity contribution in [2.24, 2.45) is 0 Å². The molecule has 0 aliphatic heterocycles. The summed E-state index contributed by atoms with van der Waals surface area (Å²) in [6, 6.07) is 3.36. The number of amides is 2. The number of hydrogen-bond donors (Lipinski definition) is 3. The van der Waals surface area contributed by atoms with Gasteiger partial charge in [0.05, 0.1) is 10.7 Å². The average molecular weight is 322 g/mol. The highest BCUT2D eigenvalue weighted by Gasteiger charge is 2.14. The molecule has 0 spiro atoms. The van der Waals surface area contributed by atoms with Gasteiger partial charge in [0.25, 0.3) is 0 Å². The number of nitrogens with one attached hydrogen (secondary N) is 2. The van der Waals surface area contributed by atoms with Gasteiger partial charge in [-0.2, -0.15) is 0 Å². The third-order valence-electron chi connectivity index (χ3n) is 1.89. The van der Waals surface area contributed by atoms with Crippen molar-refractivity contribution >= 4 is 45.2 Å². The molecule has 2 amide bonds. The second-order valence-corrected chi connectivity index (χ2v) is 4.61. The van der Waals surface area contributed by atoms with E-state index in [1.165, 1.54) is 6.92 Å². The van der Waals surface area contributed by atoms with Crippen molar-refractivity contribution in [1.82, 2.24) is 5.32 Å². The quantitative estimate of drug-likeness (QED) is 0.801. The van der Waals surface area contributed by atoms with Gasteiger partial charge in [0.2, 0.25) is 0 Å². The third-order valence-corrected chi connectivity index (χ3v) is 2.72. The number of urea groups is 1. The van der Waals surface area contributed by atoms with E-state index in [4.69, 9.17) is 16.7 Å². The fourth-order valence-electron chi connectivity index (χ4n) is 1.01. The van der Waals surface area contributed by atoms with E-state index < -0.39 is 18.0 Å². The molecule has 0 fully saturated rings. The molecule has 0 saturated carbocycles. The molecular weight excluding hydrogens is 311 g/mol. The first kappa shape index (κ1) is 13.8. The highest BCUT2D eigenvalue weighted by atomic mass is 79.9. The molecular formula is C10H10BrClN2O3. The SMILES string of the molecule is C[C@@H](NC(=O)Nc1cc(Br)ccc1Cl)C(=O)O. The minimum atomic E-state index is -1.11. The lowest BCUT2D eigenvalue weighted by atomic mass is 10.3. The van der Waals surface area contributed by atoms with E-state index in [-0.39, 0.29) is 0 Å². The van der Waals surface area contributed by atoms with Crippen molar-refractivity contribution in [1.29, 1.82) is 0 Å². The van der Waals surface area contributed by atoms with E-state index >= 15 is 0 Å². The maximum absolute atomic E-state index is 11.4. The Bertz CT molecular complexity index is 453. The molecule has 92 valence electrons. The molecule has 7 heteroatoms. The van der Waals surface area contributed by atoms with E-state index in [1.807, 2.05) is 0 Å². The zero-order valence-corrected chi connectivity index (χ0v) is 11.2. The number of hydrogen-bond acceptors (Lipinski definition) is 2. The van der Waals surface area contributed by atoms with Crippen LogP contribution in [-0.2, 0) is 4.79 Å². The second kappa shape index (κ2) is 5.88. The molecule has 5 nitrogen and oxygen atoms in total. The van der Waals surface area contributed by atoms with Crippen LogP contribution in [0.15, 0.2) is 22.7 Å². The van der Waals surface area contributed by atoms with Crippen LogP contribution in [0.5, 0.6) is 0 Å². The number of carboxylic acids is 1. The van der Waals surface area contributed by atoms with Crippen molar-refractivity contribution in [3.8, 4) is 0 Å². The summed E-state index contributed by atoms with van der Waals surface area (Å²) in [5, 5.41) is 13.7. The molecule has 0 aliphatic rings. The molecule has 1 aromatic rings. The number of carboxylic acid groups (broad SMARTS) is 1. The van der Waals surface area contributed by atoms with E-state index in [9.17, 15) is 9.59 Å². The van der Waals surface area contributed by atoms with E-state index in [0.29, 0.717) is 10.7 Å². The highest BCUT2D eigenvalue weighted by Crippen LogP contribution is 2.25. The van der Waals surface area contributed by atoms with Crippen LogP contribution >= 0.6 is 27.5 Å². The van der Waals surface area contributed by atoms with Crippen LogP contribution in [0.1, 0.15) is 6.92 Å². The number of rotatable bonds is 3. The van der Waals surface area contributed by atoms with Crippen LogP contribution < -0.4 is 10.6 Å². The van der Waals surface area contributed by atoms with Gasteiger partial charge in [-0.3, -0.25) is 4.79 Å². The number of halogens is 2. The second-order valence-electron chi connectivity index (χ2n) is 3.28. The topological polar surface area (TPSA) is 78.4 Å². The summed E-state index contributed by atoms with van der Waals surface area (Å²) in [4.78, 5) is 22.0. The summed E-state index contributed by atoms with van der Waals surface area (Å²) in [5.41, 5.74) is 0.399. The first-order chi connectivity index (χ1) is 7.90. The Morgan fingerprint density at radius 2 is 2.12 bits per heavy atom. The molecule has 0 heterocycles. The predicted molar refractivity (Wildman–Crippen MR) is 68.4 cm³/mol. The number of aliphatic carboxylic acids is 1. The minimum Gasteiger partial charge on any atom is -0.480 e. The Balaban J connectivity index is 2.68. The molecule has 0 aromatic heterocycles. The monoisotopic (exact) mass is 320 g/mol. The molecule has 0 bridgehead atoms. The summed E-state index contributed by atoms with van der Waals surface area (Å²) in [6.45, 7) is 1.37. The molecule has 17 heavy (non-hydrogen) atoms. The molecule has 3 N–H and O–H groups in total. The Labute approximate surface area is 111 Å². The van der Waals surface area contributed by atoms with Crippen LogP contribution in [0.4, 0.5) is 10.5 Å². The Kier molecular flexibility index (Phi) is 4.77. The fraction of sp³-hybridized carbons (Fsp3) is 0.200. The molecule has 1 aromatic carbocycles. The molecule has 0 saturated heterocycles. The van der Waals surface area contributed by atoms with Crippen molar-refractivity contribution in [3.05, 3.63) is 27.7 Å². The normalized spacial score (nSPS) is 11.7. The maximum atomic E-state index is 11.4. The van der Waals surface area contributed by atoms with Gasteiger partial charge in [0.15, 0.2) is 0 Å². The zero-order chi connectivity index (χ0) is 13.0. The van der Waals surface area contributed by atoms with Crippen molar-refractivity contribution < 1.29 is 14.7 Å². The van der Waals surface area contributed by atoms with Gasteiger partial charge in [-0.05, 0) is 25.1 Å². The molecule has 0 aliphatic carbocycles. The summed E-state index contributed by atoms with van der Waals surface area (Å²) in [7, 11) is 0. The van der Waals surface area contributed by atoms with Gasteiger partial charge in [0, 0.05) is 4.47 Å². The number of carbonyl (C=O) groups excluding carboxylic acids is 1. The lowest BCUT2D eigenvalue weighted by Crippen LogP contribution is -2.40. The standard InChI is InChI=1S/C10H10BrClN2O3/c1-5(9(15)16)13-10(17)14-8-4-6(11)2-3-7(8)12/h2-5H,1H3,(H,15,16)(H2,13,14,17)/t5-/m1/s1. The average Bonchev–Trinajstić information content (AvgIpc) is 2.23. The van der Waals surface area contributed by atoms with Crippen LogP contribution in [0.2, 0.25) is 5.02 Å². The lowest BCUT2D eigenvalue weighted by molar-refractivity contribution is -0.138. The smallest absolute Gasteiger partial charge is 0.325 e. The molecule has 1 rings (SSSR count). The van der Waals surface area contributed by atoms with Gasteiger partial charge >= 0.3 is 12.0 Å². The van der Waals surface area contributed by atoms with Crippen LogP contribution in [0, 0.1) is 0 Å². The Hall–Kier alpha value is -1.27. The lowest BCUT2D eigenvalue weighted by Gasteiger charge is -2.11. The van der Waals surface area contributed by atoms with E-state index in [1.54, 1.807) is 18.2 Å². The van der Waals surface area contributed by atoms with Crippen LogP contribution in [-0.4, -0.2) is 23.1 Å². The zero-order valence-electron chi connectivity index (χ0n) is 8.83. The number of benzene rings is 1. The third kappa shape index (κ3) is 4.24. The number of anilines is 1. The predicted octanol–water partition coefficient (Wildman–Crippen LogP) is 2.70. The van der Waals surface area contributed by atoms with Crippen molar-refractivity contribution in [3.63, 3.8) is 0 Å². The Morgan fingerprint density at radius 3 is 2.71 bits per heavy atom. The summed E-state index contributed by atoms with van der Waals surface area (Å²) in [5.74, 6) is -1.11.